The predicted octanol–water partition coefficient (Wildman–Crippen LogP) is 1.99. The molecule has 1 aromatic carbocycles. The van der Waals surface area contributed by atoms with E-state index in [-0.39, 0.29) is 11.2 Å². The number of benzene rings is 1. The maximum atomic E-state index is 13.5. The highest BCUT2D eigenvalue weighted by Gasteiger charge is 2.17. The summed E-state index contributed by atoms with van der Waals surface area (Å²) in [6.45, 7) is 1.76. The van der Waals surface area contributed by atoms with Crippen molar-refractivity contribution in [3.8, 4) is 0 Å². The maximum absolute atomic E-state index is 13.5. The number of rotatable bonds is 2. The van der Waals surface area contributed by atoms with Crippen molar-refractivity contribution in [2.24, 2.45) is 0 Å². The van der Waals surface area contributed by atoms with E-state index >= 15 is 0 Å². The molecule has 0 saturated heterocycles. The van der Waals surface area contributed by atoms with Crippen molar-refractivity contribution in [3.63, 3.8) is 0 Å². The van der Waals surface area contributed by atoms with Gasteiger partial charge < -0.3 is 5.32 Å². The minimum Gasteiger partial charge on any atom is -0.318 e. The number of nitrogens with one attached hydrogen (secondary N) is 3. The van der Waals surface area contributed by atoms with Gasteiger partial charge in [-0.25, -0.2) is 4.39 Å². The van der Waals surface area contributed by atoms with Crippen molar-refractivity contribution >= 4 is 22.5 Å². The van der Waals surface area contributed by atoms with Crippen LogP contribution in [0, 0.1) is 12.7 Å². The average Bonchev–Trinajstić information content (AvgIpc) is 2.97. The number of carbonyl (C=O) groups is 1. The molecule has 0 bridgehead atoms. The second kappa shape index (κ2) is 4.20. The Morgan fingerprint density at radius 2 is 2.21 bits per heavy atom. The molecule has 0 aliphatic heterocycles. The van der Waals surface area contributed by atoms with E-state index in [9.17, 15) is 9.18 Å². The molecule has 2 aromatic heterocycles. The molecule has 0 aliphatic carbocycles. The summed E-state index contributed by atoms with van der Waals surface area (Å²) in [5.41, 5.74) is 1.60. The summed E-state index contributed by atoms with van der Waals surface area (Å²) in [5, 5.41) is 16.0. The van der Waals surface area contributed by atoms with E-state index < -0.39 is 11.7 Å². The third-order valence-corrected chi connectivity index (χ3v) is 2.84. The van der Waals surface area contributed by atoms with Gasteiger partial charge in [-0.3, -0.25) is 15.0 Å². The lowest BCUT2D eigenvalue weighted by Gasteiger charge is -2.01. The van der Waals surface area contributed by atoms with E-state index in [0.29, 0.717) is 16.8 Å². The maximum Gasteiger partial charge on any atom is 0.276 e. The highest BCUT2D eigenvalue weighted by Crippen LogP contribution is 2.20. The number of amides is 1. The van der Waals surface area contributed by atoms with Crippen LogP contribution >= 0.6 is 0 Å². The van der Waals surface area contributed by atoms with Gasteiger partial charge in [0.25, 0.3) is 5.91 Å². The van der Waals surface area contributed by atoms with E-state index in [0.717, 1.165) is 0 Å². The van der Waals surface area contributed by atoms with Gasteiger partial charge in [0.1, 0.15) is 11.3 Å². The summed E-state index contributed by atoms with van der Waals surface area (Å²) in [5.74, 6) is -0.857. The fourth-order valence-corrected chi connectivity index (χ4v) is 1.85. The number of anilines is 1. The first-order chi connectivity index (χ1) is 9.16. The molecule has 0 unspecified atom stereocenters. The van der Waals surface area contributed by atoms with Gasteiger partial charge in [-0.1, -0.05) is 12.1 Å². The minimum absolute atomic E-state index is 0.148. The predicted molar refractivity (Wildman–Crippen MR) is 67.3 cm³/mol. The van der Waals surface area contributed by atoms with Crippen molar-refractivity contribution in [1.82, 2.24) is 20.4 Å². The Kier molecular flexibility index (Phi) is 2.52. The quantitative estimate of drug-likeness (QED) is 0.657. The lowest BCUT2D eigenvalue weighted by Crippen LogP contribution is -2.13. The highest BCUT2D eigenvalue weighted by atomic mass is 19.1. The number of fused-ring (bicyclic) bond motifs is 1. The molecule has 6 nitrogen and oxygen atoms in total. The zero-order chi connectivity index (χ0) is 13.4. The Balaban J connectivity index is 1.99. The minimum atomic E-state index is -0.441. The van der Waals surface area contributed by atoms with Crippen LogP contribution in [0.5, 0.6) is 0 Å². The Labute approximate surface area is 107 Å². The smallest absolute Gasteiger partial charge is 0.276 e. The number of hydrogen-bond acceptors (Lipinski definition) is 3. The first kappa shape index (κ1) is 11.4. The van der Waals surface area contributed by atoms with E-state index in [1.54, 1.807) is 19.2 Å². The van der Waals surface area contributed by atoms with Crippen LogP contribution in [-0.2, 0) is 0 Å². The van der Waals surface area contributed by atoms with Gasteiger partial charge in [-0.15, -0.1) is 0 Å². The average molecular weight is 259 g/mol. The highest BCUT2D eigenvalue weighted by molar-refractivity contribution is 6.11. The van der Waals surface area contributed by atoms with Gasteiger partial charge in [0, 0.05) is 11.6 Å². The molecular formula is C12H10FN5O. The van der Waals surface area contributed by atoms with Gasteiger partial charge in [0.15, 0.2) is 5.69 Å². The standard InChI is InChI=1S/C12H10FN5O/c1-6-9(5-14-16-6)15-12(19)11-7-3-2-4-8(13)10(7)17-18-11/h2-5H,1H3,(H,14,16)(H,15,19)(H,17,18). The second-order valence-corrected chi connectivity index (χ2v) is 4.07. The summed E-state index contributed by atoms with van der Waals surface area (Å²) in [4.78, 5) is 12.1. The molecule has 0 atom stereocenters. The molecule has 3 N–H and O–H groups in total. The van der Waals surface area contributed by atoms with E-state index in [1.807, 2.05) is 0 Å². The number of aryl methyl sites for hydroxylation is 1. The number of H-pyrrole nitrogens is 2. The SMILES string of the molecule is Cc1n[nH]cc1NC(=O)c1n[nH]c2c(F)cccc12. The Bertz CT molecular complexity index is 760. The van der Waals surface area contributed by atoms with Gasteiger partial charge >= 0.3 is 0 Å². The normalized spacial score (nSPS) is 10.8. The molecule has 1 amide bonds. The number of aromatic amines is 2. The van der Waals surface area contributed by atoms with Crippen molar-refractivity contribution < 1.29 is 9.18 Å². The van der Waals surface area contributed by atoms with Gasteiger partial charge in [0.2, 0.25) is 0 Å². The van der Waals surface area contributed by atoms with Crippen LogP contribution < -0.4 is 5.32 Å². The third-order valence-electron chi connectivity index (χ3n) is 2.84. The lowest BCUT2D eigenvalue weighted by atomic mass is 10.2. The molecule has 19 heavy (non-hydrogen) atoms. The Morgan fingerprint density at radius 3 is 2.95 bits per heavy atom. The van der Waals surface area contributed by atoms with Crippen LogP contribution in [0.3, 0.4) is 0 Å². The van der Waals surface area contributed by atoms with Crippen LogP contribution in [0.25, 0.3) is 10.9 Å². The summed E-state index contributed by atoms with van der Waals surface area (Å²) in [7, 11) is 0. The first-order valence-corrected chi connectivity index (χ1v) is 5.61. The number of nitrogens with zero attached hydrogens (tertiary/aromatic N) is 2. The number of para-hydroxylation sites is 1. The zero-order valence-corrected chi connectivity index (χ0v) is 9.99. The van der Waals surface area contributed by atoms with Crippen LogP contribution in [-0.4, -0.2) is 26.3 Å². The van der Waals surface area contributed by atoms with E-state index in [4.69, 9.17) is 0 Å². The summed E-state index contributed by atoms with van der Waals surface area (Å²) in [6, 6.07) is 4.48. The number of carbonyl (C=O) groups excluding carboxylic acids is 1. The van der Waals surface area contributed by atoms with Crippen LogP contribution in [0.4, 0.5) is 10.1 Å². The third kappa shape index (κ3) is 1.85. The van der Waals surface area contributed by atoms with Crippen LogP contribution in [0.15, 0.2) is 24.4 Å². The fourth-order valence-electron chi connectivity index (χ4n) is 1.85. The monoisotopic (exact) mass is 259 g/mol. The summed E-state index contributed by atoms with van der Waals surface area (Å²) < 4.78 is 13.5. The molecule has 3 rings (SSSR count). The van der Waals surface area contributed by atoms with Gasteiger partial charge in [-0.05, 0) is 13.0 Å². The van der Waals surface area contributed by atoms with Crippen molar-refractivity contribution in [2.75, 3.05) is 5.32 Å². The Hall–Kier alpha value is -2.70. The van der Waals surface area contributed by atoms with Gasteiger partial charge in [0.05, 0.1) is 11.4 Å². The van der Waals surface area contributed by atoms with Gasteiger partial charge in [-0.2, -0.15) is 10.2 Å². The van der Waals surface area contributed by atoms with E-state index in [1.165, 1.54) is 12.1 Å². The van der Waals surface area contributed by atoms with Crippen molar-refractivity contribution in [3.05, 3.63) is 41.6 Å². The largest absolute Gasteiger partial charge is 0.318 e. The molecule has 7 heteroatoms. The molecule has 96 valence electrons. The fraction of sp³-hybridized carbons (Fsp3) is 0.0833. The van der Waals surface area contributed by atoms with Crippen molar-refractivity contribution in [1.29, 1.82) is 0 Å². The molecule has 3 aromatic rings. The topological polar surface area (TPSA) is 86.5 Å². The number of aromatic nitrogens is 4. The molecule has 0 saturated carbocycles. The first-order valence-electron chi connectivity index (χ1n) is 5.61. The molecule has 2 heterocycles. The summed E-state index contributed by atoms with van der Waals surface area (Å²) >= 11 is 0. The zero-order valence-electron chi connectivity index (χ0n) is 9.99. The molecular weight excluding hydrogens is 249 g/mol. The molecule has 0 aliphatic rings. The van der Waals surface area contributed by atoms with Crippen molar-refractivity contribution in [2.45, 2.75) is 6.92 Å². The Morgan fingerprint density at radius 1 is 1.37 bits per heavy atom. The molecule has 0 radical (unpaired) electrons. The lowest BCUT2D eigenvalue weighted by molar-refractivity contribution is 0.102. The second-order valence-electron chi connectivity index (χ2n) is 4.07. The number of hydrogen-bond donors (Lipinski definition) is 3. The summed E-state index contributed by atoms with van der Waals surface area (Å²) in [6.07, 6.45) is 1.57. The number of halogens is 1. The molecule has 0 fully saturated rings. The van der Waals surface area contributed by atoms with Crippen LogP contribution in [0.2, 0.25) is 0 Å². The molecule has 0 spiro atoms. The van der Waals surface area contributed by atoms with E-state index in [2.05, 4.69) is 25.7 Å². The van der Waals surface area contributed by atoms with Crippen LogP contribution in [0.1, 0.15) is 16.2 Å².